The molecule has 2 N–H and O–H groups in total. The first kappa shape index (κ1) is 21.1. The highest BCUT2D eigenvalue weighted by Gasteiger charge is 2.29. The van der Waals surface area contributed by atoms with E-state index < -0.39 is 34.6 Å². The number of ether oxygens (including phenoxy) is 2. The first-order valence-electron chi connectivity index (χ1n) is 7.64. The van der Waals surface area contributed by atoms with Crippen LogP contribution in [0.4, 0.5) is 9.59 Å². The molecule has 0 aliphatic carbocycles. The maximum absolute atomic E-state index is 12.1. The Morgan fingerprint density at radius 2 is 1.89 bits per heavy atom. The lowest BCUT2D eigenvalue weighted by molar-refractivity contribution is -0.139. The van der Waals surface area contributed by atoms with E-state index in [0.29, 0.717) is 10.9 Å². The fraction of sp³-hybridized carbons (Fsp3) is 0.312. The Bertz CT molecular complexity index is 861. The molecule has 0 fully saturated rings. The number of fused-ring (bicyclic) bond motifs is 1. The molecule has 2 aromatic rings. The number of para-hydroxylation sites is 1. The van der Waals surface area contributed by atoms with Gasteiger partial charge in [0.25, 0.3) is 0 Å². The van der Waals surface area contributed by atoms with Gasteiger partial charge in [-0.3, -0.25) is 4.57 Å². The number of aliphatic carboxylic acids is 1. The number of carboxylic acid groups (broad SMARTS) is 1. The molecule has 0 saturated carbocycles. The zero-order valence-electron chi connectivity index (χ0n) is 13.9. The lowest BCUT2D eigenvalue weighted by Crippen LogP contribution is -2.35. The predicted octanol–water partition coefficient (Wildman–Crippen LogP) is 3.87. The molecule has 0 bridgehead atoms. The molecule has 0 saturated heterocycles. The standard InChI is InChI=1S/C16H15Cl3N2O6/c1-2-26-15(25)21-7-10(9-5-3-4-6-11(9)21)12(13(22)23)20-14(24)27-8-16(17,18)19/h3-7,12H,2,8H2,1H3,(H,20,24)(H,22,23)/t12-/m1/s1. The van der Waals surface area contributed by atoms with E-state index in [9.17, 15) is 19.5 Å². The van der Waals surface area contributed by atoms with Crippen molar-refractivity contribution >= 4 is 63.9 Å². The fourth-order valence-electron chi connectivity index (χ4n) is 2.36. The number of carbonyl (C=O) groups is 3. The van der Waals surface area contributed by atoms with E-state index in [1.54, 1.807) is 31.2 Å². The van der Waals surface area contributed by atoms with Crippen LogP contribution in [-0.4, -0.2) is 44.8 Å². The minimum atomic E-state index is -1.84. The van der Waals surface area contributed by atoms with Crippen LogP contribution in [0.2, 0.25) is 0 Å². The third-order valence-electron chi connectivity index (χ3n) is 3.39. The molecule has 11 heteroatoms. The SMILES string of the molecule is CCOC(=O)n1cc([C@@H](NC(=O)OCC(Cl)(Cl)Cl)C(=O)O)c2ccccc21. The summed E-state index contributed by atoms with van der Waals surface area (Å²) in [6.45, 7) is 1.22. The minimum absolute atomic E-state index is 0.143. The number of alkyl halides is 3. The Morgan fingerprint density at radius 1 is 1.22 bits per heavy atom. The Morgan fingerprint density at radius 3 is 2.48 bits per heavy atom. The van der Waals surface area contributed by atoms with Crippen molar-refractivity contribution in [2.75, 3.05) is 13.2 Å². The van der Waals surface area contributed by atoms with E-state index >= 15 is 0 Å². The van der Waals surface area contributed by atoms with Gasteiger partial charge in [-0.25, -0.2) is 14.4 Å². The summed E-state index contributed by atoms with van der Waals surface area (Å²) in [5.74, 6) is -1.37. The summed E-state index contributed by atoms with van der Waals surface area (Å²) in [7, 11) is 0. The second-order valence-corrected chi connectivity index (χ2v) is 7.79. The largest absolute Gasteiger partial charge is 0.479 e. The van der Waals surface area contributed by atoms with Crippen molar-refractivity contribution in [1.82, 2.24) is 9.88 Å². The van der Waals surface area contributed by atoms with Crippen molar-refractivity contribution in [3.63, 3.8) is 0 Å². The second kappa shape index (κ2) is 8.69. The Kier molecular flexibility index (Phi) is 6.80. The van der Waals surface area contributed by atoms with Crippen molar-refractivity contribution < 1.29 is 29.0 Å². The van der Waals surface area contributed by atoms with Crippen molar-refractivity contribution in [2.45, 2.75) is 16.8 Å². The molecule has 27 heavy (non-hydrogen) atoms. The Labute approximate surface area is 168 Å². The molecule has 0 radical (unpaired) electrons. The number of nitrogens with zero attached hydrogens (tertiary/aromatic N) is 1. The highest BCUT2D eigenvalue weighted by atomic mass is 35.6. The number of rotatable bonds is 5. The molecule has 1 amide bonds. The van der Waals surface area contributed by atoms with Crippen LogP contribution in [0, 0.1) is 0 Å². The summed E-state index contributed by atoms with van der Waals surface area (Å²) in [6.07, 6.45) is -0.485. The van der Waals surface area contributed by atoms with Crippen LogP contribution in [0.5, 0.6) is 0 Å². The van der Waals surface area contributed by atoms with Crippen LogP contribution >= 0.6 is 34.8 Å². The van der Waals surface area contributed by atoms with Crippen LogP contribution in [0.15, 0.2) is 30.5 Å². The number of carbonyl (C=O) groups excluding carboxylic acids is 2. The zero-order valence-corrected chi connectivity index (χ0v) is 16.2. The second-order valence-electron chi connectivity index (χ2n) is 5.28. The fourth-order valence-corrected chi connectivity index (χ4v) is 2.52. The topological polar surface area (TPSA) is 107 Å². The van der Waals surface area contributed by atoms with E-state index in [2.05, 4.69) is 5.32 Å². The molecule has 146 valence electrons. The van der Waals surface area contributed by atoms with Crippen LogP contribution in [0.1, 0.15) is 18.5 Å². The van der Waals surface area contributed by atoms with Crippen LogP contribution in [-0.2, 0) is 14.3 Å². The van der Waals surface area contributed by atoms with Gasteiger partial charge in [0, 0.05) is 17.1 Å². The molecule has 0 aliphatic heterocycles. The highest BCUT2D eigenvalue weighted by molar-refractivity contribution is 6.67. The average Bonchev–Trinajstić information content (AvgIpc) is 2.97. The van der Waals surface area contributed by atoms with Gasteiger partial charge in [-0.1, -0.05) is 53.0 Å². The zero-order chi connectivity index (χ0) is 20.2. The summed E-state index contributed by atoms with van der Waals surface area (Å²) < 4.78 is 9.00. The van der Waals surface area contributed by atoms with Crippen LogP contribution in [0.3, 0.4) is 0 Å². The van der Waals surface area contributed by atoms with Crippen molar-refractivity contribution in [3.8, 4) is 0 Å². The van der Waals surface area contributed by atoms with Gasteiger partial charge in [0.2, 0.25) is 3.79 Å². The molecular weight excluding hydrogens is 423 g/mol. The highest BCUT2D eigenvalue weighted by Crippen LogP contribution is 2.28. The lowest BCUT2D eigenvalue weighted by Gasteiger charge is -2.16. The van der Waals surface area contributed by atoms with Crippen LogP contribution < -0.4 is 5.32 Å². The van der Waals surface area contributed by atoms with Gasteiger partial charge in [0.1, 0.15) is 6.61 Å². The Balaban J connectivity index is 2.37. The van der Waals surface area contributed by atoms with Gasteiger partial charge in [0.15, 0.2) is 6.04 Å². The van der Waals surface area contributed by atoms with E-state index in [1.165, 1.54) is 10.8 Å². The molecule has 0 unspecified atom stereocenters. The van der Waals surface area contributed by atoms with Crippen LogP contribution in [0.25, 0.3) is 10.9 Å². The normalized spacial score (nSPS) is 12.4. The number of alkyl carbamates (subject to hydrolysis) is 1. The van der Waals surface area contributed by atoms with Gasteiger partial charge >= 0.3 is 18.2 Å². The number of benzene rings is 1. The van der Waals surface area contributed by atoms with Crippen molar-refractivity contribution in [2.24, 2.45) is 0 Å². The molecule has 1 aromatic heterocycles. The van der Waals surface area contributed by atoms with E-state index in [0.717, 1.165) is 0 Å². The third-order valence-corrected chi connectivity index (χ3v) is 3.72. The quantitative estimate of drug-likeness (QED) is 0.688. The smallest absolute Gasteiger partial charge is 0.418 e. The molecular formula is C16H15Cl3N2O6. The lowest BCUT2D eigenvalue weighted by atomic mass is 10.1. The number of amides is 1. The van der Waals surface area contributed by atoms with Gasteiger partial charge in [-0.15, -0.1) is 0 Å². The summed E-state index contributed by atoms with van der Waals surface area (Å²) >= 11 is 16.5. The Hall–Kier alpha value is -2.16. The molecule has 1 atom stereocenters. The third kappa shape index (κ3) is 5.41. The molecule has 0 aliphatic rings. The summed E-state index contributed by atoms with van der Waals surface area (Å²) in [6, 6.07) is 5.08. The summed E-state index contributed by atoms with van der Waals surface area (Å²) in [5, 5.41) is 12.2. The summed E-state index contributed by atoms with van der Waals surface area (Å²) in [4.78, 5) is 35.7. The molecule has 0 spiro atoms. The van der Waals surface area contributed by atoms with Crippen molar-refractivity contribution in [1.29, 1.82) is 0 Å². The molecule has 2 rings (SSSR count). The predicted molar refractivity (Wildman–Crippen MR) is 99.5 cm³/mol. The molecule has 1 aromatic carbocycles. The molecule has 8 nitrogen and oxygen atoms in total. The number of aromatic nitrogens is 1. The first-order valence-corrected chi connectivity index (χ1v) is 8.77. The average molecular weight is 438 g/mol. The van der Waals surface area contributed by atoms with E-state index in [1.807, 2.05) is 0 Å². The minimum Gasteiger partial charge on any atom is -0.479 e. The number of nitrogens with one attached hydrogen (secondary N) is 1. The van der Waals surface area contributed by atoms with Gasteiger partial charge in [-0.2, -0.15) is 0 Å². The number of halogens is 3. The summed E-state index contributed by atoms with van der Waals surface area (Å²) in [5.41, 5.74) is 0.589. The number of hydrogen-bond acceptors (Lipinski definition) is 5. The van der Waals surface area contributed by atoms with Gasteiger partial charge < -0.3 is 19.9 Å². The monoisotopic (exact) mass is 436 g/mol. The maximum atomic E-state index is 12.1. The maximum Gasteiger partial charge on any atom is 0.418 e. The van der Waals surface area contributed by atoms with E-state index in [4.69, 9.17) is 44.3 Å². The van der Waals surface area contributed by atoms with E-state index in [-0.39, 0.29) is 12.2 Å². The molecule has 1 heterocycles. The van der Waals surface area contributed by atoms with Gasteiger partial charge in [0.05, 0.1) is 12.1 Å². The first-order chi connectivity index (χ1) is 12.6. The number of hydrogen-bond donors (Lipinski definition) is 2. The van der Waals surface area contributed by atoms with Gasteiger partial charge in [-0.05, 0) is 13.0 Å². The van der Waals surface area contributed by atoms with Crippen molar-refractivity contribution in [3.05, 3.63) is 36.0 Å². The number of carboxylic acids is 1.